The molecular formula is C22H21ClN4O2S. The number of nitrogens with zero attached hydrogens (tertiary/aromatic N) is 3. The number of carbonyl (C=O) groups excluding carboxylic acids is 2. The van der Waals surface area contributed by atoms with Gasteiger partial charge in [-0.15, -0.1) is 10.2 Å². The van der Waals surface area contributed by atoms with E-state index in [4.69, 9.17) is 11.6 Å². The van der Waals surface area contributed by atoms with Crippen molar-refractivity contribution in [3.8, 4) is 0 Å². The smallest absolute Gasteiger partial charge is 0.227 e. The maximum atomic E-state index is 12.5. The lowest BCUT2D eigenvalue weighted by Gasteiger charge is -2.17. The average molecular weight is 441 g/mol. The van der Waals surface area contributed by atoms with Gasteiger partial charge in [-0.1, -0.05) is 59.3 Å². The molecule has 0 radical (unpaired) electrons. The van der Waals surface area contributed by atoms with Crippen molar-refractivity contribution < 1.29 is 9.59 Å². The first-order valence-electron chi connectivity index (χ1n) is 9.73. The highest BCUT2D eigenvalue weighted by atomic mass is 35.5. The Balaban J connectivity index is 1.36. The predicted octanol–water partition coefficient (Wildman–Crippen LogP) is 4.59. The van der Waals surface area contributed by atoms with Crippen LogP contribution in [0.15, 0.2) is 48.5 Å². The van der Waals surface area contributed by atoms with Gasteiger partial charge < -0.3 is 10.2 Å². The van der Waals surface area contributed by atoms with E-state index in [1.165, 1.54) is 11.3 Å². The van der Waals surface area contributed by atoms with Crippen LogP contribution in [0.25, 0.3) is 0 Å². The second-order valence-corrected chi connectivity index (χ2v) is 8.73. The summed E-state index contributed by atoms with van der Waals surface area (Å²) in [7, 11) is 0. The molecule has 4 rings (SSSR count). The first-order chi connectivity index (χ1) is 14.5. The van der Waals surface area contributed by atoms with Crippen LogP contribution < -0.4 is 10.2 Å². The van der Waals surface area contributed by atoms with Crippen LogP contribution in [0.4, 0.5) is 10.8 Å². The second kappa shape index (κ2) is 8.93. The zero-order valence-corrected chi connectivity index (χ0v) is 18.0. The molecule has 2 aromatic carbocycles. The Hall–Kier alpha value is -2.77. The monoisotopic (exact) mass is 440 g/mol. The molecule has 1 aromatic heterocycles. The molecule has 1 fully saturated rings. The molecule has 6 nitrogen and oxygen atoms in total. The van der Waals surface area contributed by atoms with Crippen molar-refractivity contribution in [1.82, 2.24) is 10.2 Å². The minimum absolute atomic E-state index is 0.0311. The number of anilines is 2. The van der Waals surface area contributed by atoms with Gasteiger partial charge in [0.05, 0.1) is 0 Å². The molecule has 30 heavy (non-hydrogen) atoms. The van der Waals surface area contributed by atoms with Gasteiger partial charge >= 0.3 is 0 Å². The lowest BCUT2D eigenvalue weighted by Crippen LogP contribution is -2.24. The van der Waals surface area contributed by atoms with Gasteiger partial charge in [0.2, 0.25) is 16.9 Å². The fourth-order valence-electron chi connectivity index (χ4n) is 3.41. The molecule has 154 valence electrons. The minimum atomic E-state index is -0.0972. The third kappa shape index (κ3) is 4.68. The maximum Gasteiger partial charge on any atom is 0.227 e. The standard InChI is InChI=1S/C22H21ClN4O2S/c1-14-7-9-17(12-18(14)23)27-13-16(11-20(27)29)21-25-26-22(30-21)24-19(28)10-8-15-5-3-2-4-6-15/h2-7,9,12,16H,8,10-11,13H2,1H3,(H,24,26,28). The van der Waals surface area contributed by atoms with Gasteiger partial charge in [-0.25, -0.2) is 0 Å². The number of benzene rings is 2. The number of aryl methyl sites for hydroxylation is 2. The maximum absolute atomic E-state index is 12.5. The summed E-state index contributed by atoms with van der Waals surface area (Å²) >= 11 is 7.54. The van der Waals surface area contributed by atoms with Crippen LogP contribution in [-0.2, 0) is 16.0 Å². The molecule has 8 heteroatoms. The molecule has 2 heterocycles. The molecule has 3 aromatic rings. The Morgan fingerprint density at radius 1 is 1.23 bits per heavy atom. The molecule has 2 amide bonds. The topological polar surface area (TPSA) is 75.2 Å². The van der Waals surface area contributed by atoms with Crippen LogP contribution in [0.1, 0.15) is 34.9 Å². The Labute approximate surface area is 183 Å². The summed E-state index contributed by atoms with van der Waals surface area (Å²) in [5.74, 6) is -0.117. The van der Waals surface area contributed by atoms with E-state index in [2.05, 4.69) is 15.5 Å². The highest BCUT2D eigenvalue weighted by Gasteiger charge is 2.34. The second-order valence-electron chi connectivity index (χ2n) is 7.32. The van der Waals surface area contributed by atoms with E-state index in [0.29, 0.717) is 36.0 Å². The third-order valence-corrected chi connectivity index (χ3v) is 6.52. The predicted molar refractivity (Wildman–Crippen MR) is 119 cm³/mol. The van der Waals surface area contributed by atoms with Crippen molar-refractivity contribution in [2.75, 3.05) is 16.8 Å². The molecule has 1 aliphatic rings. The van der Waals surface area contributed by atoms with Crippen LogP contribution in [0.5, 0.6) is 0 Å². The lowest BCUT2D eigenvalue weighted by molar-refractivity contribution is -0.117. The number of nitrogens with one attached hydrogen (secondary N) is 1. The molecular weight excluding hydrogens is 420 g/mol. The molecule has 1 saturated heterocycles. The number of hydrogen-bond acceptors (Lipinski definition) is 5. The van der Waals surface area contributed by atoms with Crippen molar-refractivity contribution in [3.05, 3.63) is 69.7 Å². The Bertz CT molecular complexity index is 1070. The molecule has 1 N–H and O–H groups in total. The average Bonchev–Trinajstić information content (AvgIpc) is 3.36. The number of halogens is 1. The van der Waals surface area contributed by atoms with Crippen LogP contribution in [0.3, 0.4) is 0 Å². The molecule has 0 saturated carbocycles. The summed E-state index contributed by atoms with van der Waals surface area (Å²) in [6.07, 6.45) is 1.41. The molecule has 0 spiro atoms. The van der Waals surface area contributed by atoms with E-state index in [9.17, 15) is 9.59 Å². The van der Waals surface area contributed by atoms with Crippen LogP contribution in [0, 0.1) is 6.92 Å². The van der Waals surface area contributed by atoms with Gasteiger partial charge in [0, 0.05) is 36.0 Å². The van der Waals surface area contributed by atoms with E-state index in [1.54, 1.807) is 4.90 Å². The first-order valence-corrected chi connectivity index (χ1v) is 10.9. The summed E-state index contributed by atoms with van der Waals surface area (Å²) < 4.78 is 0. The van der Waals surface area contributed by atoms with Crippen molar-refractivity contribution >= 4 is 45.6 Å². The van der Waals surface area contributed by atoms with Crippen LogP contribution >= 0.6 is 22.9 Å². The van der Waals surface area contributed by atoms with Crippen molar-refractivity contribution in [2.24, 2.45) is 0 Å². The summed E-state index contributed by atoms with van der Waals surface area (Å²) in [6.45, 7) is 2.45. The van der Waals surface area contributed by atoms with Gasteiger partial charge in [-0.05, 0) is 36.6 Å². The zero-order chi connectivity index (χ0) is 21.1. The molecule has 0 bridgehead atoms. The van der Waals surface area contributed by atoms with Gasteiger partial charge in [0.1, 0.15) is 5.01 Å². The van der Waals surface area contributed by atoms with Crippen molar-refractivity contribution in [1.29, 1.82) is 0 Å². The normalized spacial score (nSPS) is 16.1. The first kappa shape index (κ1) is 20.5. The summed E-state index contributed by atoms with van der Waals surface area (Å²) in [6, 6.07) is 15.5. The number of aromatic nitrogens is 2. The molecule has 1 unspecified atom stereocenters. The Morgan fingerprint density at radius 3 is 2.80 bits per heavy atom. The number of carbonyl (C=O) groups is 2. The molecule has 1 aliphatic heterocycles. The fraction of sp³-hybridized carbons (Fsp3) is 0.273. The van der Waals surface area contributed by atoms with Crippen LogP contribution in [0.2, 0.25) is 5.02 Å². The molecule has 0 aliphatic carbocycles. The SMILES string of the molecule is Cc1ccc(N2CC(c3nnc(NC(=O)CCc4ccccc4)s3)CC2=O)cc1Cl. The third-order valence-electron chi connectivity index (χ3n) is 5.11. The summed E-state index contributed by atoms with van der Waals surface area (Å²) in [4.78, 5) is 26.5. The fourth-order valence-corrected chi connectivity index (χ4v) is 4.43. The highest BCUT2D eigenvalue weighted by molar-refractivity contribution is 7.15. The number of hydrogen-bond donors (Lipinski definition) is 1. The summed E-state index contributed by atoms with van der Waals surface area (Å²) in [5.41, 5.74) is 2.88. The van der Waals surface area contributed by atoms with Gasteiger partial charge in [0.25, 0.3) is 0 Å². The Kier molecular flexibility index (Phi) is 6.11. The largest absolute Gasteiger partial charge is 0.312 e. The van der Waals surface area contributed by atoms with E-state index in [0.717, 1.165) is 21.8 Å². The Morgan fingerprint density at radius 2 is 2.03 bits per heavy atom. The van der Waals surface area contributed by atoms with Crippen molar-refractivity contribution in [3.63, 3.8) is 0 Å². The minimum Gasteiger partial charge on any atom is -0.312 e. The van der Waals surface area contributed by atoms with E-state index in [-0.39, 0.29) is 17.7 Å². The van der Waals surface area contributed by atoms with Crippen LogP contribution in [-0.4, -0.2) is 28.6 Å². The number of rotatable bonds is 6. The van der Waals surface area contributed by atoms with E-state index >= 15 is 0 Å². The summed E-state index contributed by atoms with van der Waals surface area (Å²) in [5, 5.41) is 13.0. The van der Waals surface area contributed by atoms with Gasteiger partial charge in [-0.3, -0.25) is 9.59 Å². The number of amides is 2. The van der Waals surface area contributed by atoms with E-state index in [1.807, 2.05) is 55.5 Å². The quantitative estimate of drug-likeness (QED) is 0.608. The van der Waals surface area contributed by atoms with E-state index < -0.39 is 0 Å². The van der Waals surface area contributed by atoms with Gasteiger partial charge in [0.15, 0.2) is 0 Å². The highest BCUT2D eigenvalue weighted by Crippen LogP contribution is 2.35. The lowest BCUT2D eigenvalue weighted by atomic mass is 10.1. The zero-order valence-electron chi connectivity index (χ0n) is 16.5. The molecule has 1 atom stereocenters. The van der Waals surface area contributed by atoms with Crippen molar-refractivity contribution in [2.45, 2.75) is 32.1 Å². The van der Waals surface area contributed by atoms with Gasteiger partial charge in [-0.2, -0.15) is 0 Å².